The molecule has 2 atom stereocenters. The van der Waals surface area contributed by atoms with Crippen molar-refractivity contribution in [3.63, 3.8) is 0 Å². The van der Waals surface area contributed by atoms with Gasteiger partial charge in [0.15, 0.2) is 0 Å². The first-order valence-corrected chi connectivity index (χ1v) is 6.31. The molecule has 1 saturated carbocycles. The van der Waals surface area contributed by atoms with Crippen molar-refractivity contribution in [1.82, 2.24) is 10.2 Å². The van der Waals surface area contributed by atoms with Gasteiger partial charge in [-0.2, -0.15) is 0 Å². The Kier molecular flexibility index (Phi) is 3.50. The maximum atomic E-state index is 11.1. The van der Waals surface area contributed by atoms with E-state index >= 15 is 0 Å². The second kappa shape index (κ2) is 4.72. The zero-order valence-electron chi connectivity index (χ0n) is 10.1. The maximum Gasteiger partial charge on any atom is 0.320 e. The van der Waals surface area contributed by atoms with Crippen LogP contribution in [0.3, 0.4) is 0 Å². The molecule has 1 saturated heterocycles. The first kappa shape index (κ1) is 11.9. The fourth-order valence-corrected chi connectivity index (χ4v) is 2.50. The summed E-state index contributed by atoms with van der Waals surface area (Å²) < 4.78 is 0. The molecule has 92 valence electrons. The summed E-state index contributed by atoms with van der Waals surface area (Å²) >= 11 is 0. The van der Waals surface area contributed by atoms with E-state index in [2.05, 4.69) is 10.2 Å². The van der Waals surface area contributed by atoms with Gasteiger partial charge < -0.3 is 10.4 Å². The predicted molar refractivity (Wildman–Crippen MR) is 62.4 cm³/mol. The van der Waals surface area contributed by atoms with Gasteiger partial charge in [-0.3, -0.25) is 9.69 Å². The summed E-state index contributed by atoms with van der Waals surface area (Å²) in [5.41, 5.74) is 0. The minimum atomic E-state index is -0.722. The number of nitrogens with one attached hydrogen (secondary N) is 1. The Labute approximate surface area is 97.0 Å². The first-order valence-electron chi connectivity index (χ1n) is 6.31. The van der Waals surface area contributed by atoms with Crippen molar-refractivity contribution in [2.24, 2.45) is 5.92 Å². The number of carbonyl (C=O) groups is 1. The topological polar surface area (TPSA) is 52.6 Å². The second-order valence-corrected chi connectivity index (χ2v) is 5.44. The summed E-state index contributed by atoms with van der Waals surface area (Å²) in [5, 5.41) is 12.4. The fraction of sp³-hybridized carbons (Fsp3) is 0.917. The lowest BCUT2D eigenvalue weighted by Crippen LogP contribution is -2.47. The van der Waals surface area contributed by atoms with E-state index in [1.54, 1.807) is 0 Å². The number of likely N-dealkylation sites (tertiary alicyclic amines) is 1. The van der Waals surface area contributed by atoms with Crippen LogP contribution in [0.1, 0.15) is 33.1 Å². The molecule has 2 unspecified atom stereocenters. The largest absolute Gasteiger partial charge is 0.480 e. The lowest BCUT2D eigenvalue weighted by atomic mass is 10.0. The van der Waals surface area contributed by atoms with E-state index in [0.29, 0.717) is 6.04 Å². The summed E-state index contributed by atoms with van der Waals surface area (Å²) in [6.45, 7) is 6.08. The molecule has 0 aromatic heterocycles. The Balaban J connectivity index is 1.82. The third-order valence-electron chi connectivity index (χ3n) is 3.63. The third kappa shape index (κ3) is 2.74. The molecule has 2 aliphatic rings. The van der Waals surface area contributed by atoms with E-state index in [4.69, 9.17) is 5.11 Å². The fourth-order valence-electron chi connectivity index (χ4n) is 2.50. The smallest absolute Gasteiger partial charge is 0.320 e. The van der Waals surface area contributed by atoms with Crippen LogP contribution in [0.15, 0.2) is 0 Å². The molecule has 0 aromatic carbocycles. The van der Waals surface area contributed by atoms with E-state index in [1.807, 2.05) is 13.8 Å². The Hall–Kier alpha value is -0.610. The minimum Gasteiger partial charge on any atom is -0.480 e. The van der Waals surface area contributed by atoms with Crippen molar-refractivity contribution in [2.75, 3.05) is 13.1 Å². The molecule has 0 bridgehead atoms. The number of carboxylic acids is 1. The quantitative estimate of drug-likeness (QED) is 0.732. The average Bonchev–Trinajstić information content (AvgIpc) is 2.94. The molecule has 2 N–H and O–H groups in total. The van der Waals surface area contributed by atoms with E-state index in [0.717, 1.165) is 25.6 Å². The molecular formula is C12H22N2O2. The van der Waals surface area contributed by atoms with Crippen LogP contribution in [-0.4, -0.2) is 47.2 Å². The summed E-state index contributed by atoms with van der Waals surface area (Å²) in [7, 11) is 0. The van der Waals surface area contributed by atoms with Crippen molar-refractivity contribution < 1.29 is 9.90 Å². The standard InChI is InChI=1S/C12H22N2O2/c1-8(2)11(12(15)16)13-9-5-6-14(7-9)10-3-4-10/h8-11,13H,3-7H2,1-2H3,(H,15,16). The van der Waals surface area contributed by atoms with Crippen molar-refractivity contribution in [1.29, 1.82) is 0 Å². The number of rotatable bonds is 5. The van der Waals surface area contributed by atoms with Gasteiger partial charge in [0.25, 0.3) is 0 Å². The van der Waals surface area contributed by atoms with Gasteiger partial charge in [0.1, 0.15) is 6.04 Å². The second-order valence-electron chi connectivity index (χ2n) is 5.44. The minimum absolute atomic E-state index is 0.146. The molecule has 0 amide bonds. The molecule has 16 heavy (non-hydrogen) atoms. The van der Waals surface area contributed by atoms with Gasteiger partial charge in [-0.15, -0.1) is 0 Å². The molecule has 1 heterocycles. The molecule has 0 radical (unpaired) electrons. The summed E-state index contributed by atoms with van der Waals surface area (Å²) in [6, 6.07) is 0.766. The summed E-state index contributed by atoms with van der Waals surface area (Å²) in [6.07, 6.45) is 3.76. The Bertz CT molecular complexity index is 264. The van der Waals surface area contributed by atoms with Crippen LogP contribution in [0.4, 0.5) is 0 Å². The molecule has 4 nitrogen and oxygen atoms in total. The van der Waals surface area contributed by atoms with Crippen molar-refractivity contribution in [3.8, 4) is 0 Å². The number of carboxylic acid groups (broad SMARTS) is 1. The lowest BCUT2D eigenvalue weighted by Gasteiger charge is -2.23. The summed E-state index contributed by atoms with van der Waals surface area (Å²) in [5.74, 6) is -0.577. The molecule has 0 aromatic rings. The van der Waals surface area contributed by atoms with Gasteiger partial charge in [0.05, 0.1) is 0 Å². The van der Waals surface area contributed by atoms with Gasteiger partial charge in [-0.25, -0.2) is 0 Å². The van der Waals surface area contributed by atoms with E-state index in [-0.39, 0.29) is 5.92 Å². The van der Waals surface area contributed by atoms with E-state index < -0.39 is 12.0 Å². The molecular weight excluding hydrogens is 204 g/mol. The number of hydrogen-bond acceptors (Lipinski definition) is 3. The van der Waals surface area contributed by atoms with Crippen LogP contribution in [0.5, 0.6) is 0 Å². The van der Waals surface area contributed by atoms with Gasteiger partial charge in [-0.1, -0.05) is 13.8 Å². The number of hydrogen-bond donors (Lipinski definition) is 2. The van der Waals surface area contributed by atoms with Crippen LogP contribution in [0, 0.1) is 5.92 Å². The van der Waals surface area contributed by atoms with Gasteiger partial charge in [0, 0.05) is 25.2 Å². The molecule has 2 fully saturated rings. The van der Waals surface area contributed by atoms with E-state index in [1.165, 1.54) is 12.8 Å². The lowest BCUT2D eigenvalue weighted by molar-refractivity contribution is -0.140. The van der Waals surface area contributed by atoms with Gasteiger partial charge in [0.2, 0.25) is 0 Å². The summed E-state index contributed by atoms with van der Waals surface area (Å²) in [4.78, 5) is 13.6. The van der Waals surface area contributed by atoms with Crippen LogP contribution in [0.2, 0.25) is 0 Å². The zero-order valence-corrected chi connectivity index (χ0v) is 10.1. The number of nitrogens with zero attached hydrogens (tertiary/aromatic N) is 1. The Morgan fingerprint density at radius 1 is 1.38 bits per heavy atom. The normalized spacial score (nSPS) is 28.6. The number of aliphatic carboxylic acids is 1. The van der Waals surface area contributed by atoms with E-state index in [9.17, 15) is 4.79 Å². The SMILES string of the molecule is CC(C)C(NC1CCN(C2CC2)C1)C(=O)O. The molecule has 0 spiro atoms. The molecule has 1 aliphatic heterocycles. The van der Waals surface area contributed by atoms with Gasteiger partial charge in [-0.05, 0) is 25.2 Å². The highest BCUT2D eigenvalue weighted by Crippen LogP contribution is 2.29. The van der Waals surface area contributed by atoms with Crippen molar-refractivity contribution in [3.05, 3.63) is 0 Å². The van der Waals surface area contributed by atoms with Crippen molar-refractivity contribution in [2.45, 2.75) is 51.2 Å². The van der Waals surface area contributed by atoms with Crippen LogP contribution in [-0.2, 0) is 4.79 Å². The average molecular weight is 226 g/mol. The highest BCUT2D eigenvalue weighted by atomic mass is 16.4. The van der Waals surface area contributed by atoms with Gasteiger partial charge >= 0.3 is 5.97 Å². The van der Waals surface area contributed by atoms with Crippen LogP contribution >= 0.6 is 0 Å². The highest BCUT2D eigenvalue weighted by Gasteiger charge is 2.36. The van der Waals surface area contributed by atoms with Crippen LogP contribution in [0.25, 0.3) is 0 Å². The Morgan fingerprint density at radius 2 is 2.06 bits per heavy atom. The molecule has 1 aliphatic carbocycles. The Morgan fingerprint density at radius 3 is 2.56 bits per heavy atom. The zero-order chi connectivity index (χ0) is 11.7. The first-order chi connectivity index (χ1) is 7.58. The monoisotopic (exact) mass is 226 g/mol. The predicted octanol–water partition coefficient (Wildman–Crippen LogP) is 0.922. The van der Waals surface area contributed by atoms with Crippen LogP contribution < -0.4 is 5.32 Å². The highest BCUT2D eigenvalue weighted by molar-refractivity contribution is 5.73. The third-order valence-corrected chi connectivity index (χ3v) is 3.63. The molecule has 2 rings (SSSR count). The van der Waals surface area contributed by atoms with Crippen molar-refractivity contribution >= 4 is 5.97 Å². The maximum absolute atomic E-state index is 11.1. The molecule has 4 heteroatoms.